The van der Waals surface area contributed by atoms with Crippen LogP contribution in [0.25, 0.3) is 0 Å². The minimum absolute atomic E-state index is 0.593. The van der Waals surface area contributed by atoms with E-state index in [1.165, 1.54) is 23.1 Å². The van der Waals surface area contributed by atoms with E-state index in [1.54, 1.807) is 11.1 Å². The molecule has 18 heavy (non-hydrogen) atoms. The molecular weight excluding hydrogens is 216 g/mol. The lowest BCUT2D eigenvalue weighted by molar-refractivity contribution is 0.686. The third-order valence-corrected chi connectivity index (χ3v) is 4.22. The van der Waals surface area contributed by atoms with Gasteiger partial charge < -0.3 is 0 Å². The molecule has 92 valence electrons. The maximum atomic E-state index is 2.38. The number of fused-ring (bicyclic) bond motifs is 1. The van der Waals surface area contributed by atoms with Gasteiger partial charge in [-0.3, -0.25) is 0 Å². The van der Waals surface area contributed by atoms with Crippen molar-refractivity contribution in [2.75, 3.05) is 0 Å². The van der Waals surface area contributed by atoms with Gasteiger partial charge in [0.25, 0.3) is 0 Å². The maximum Gasteiger partial charge on any atom is 0.00979 e. The number of rotatable bonds is 1. The Morgan fingerprint density at radius 1 is 0.833 bits per heavy atom. The summed E-state index contributed by atoms with van der Waals surface area (Å²) in [5.74, 6) is 1.28. The SMILES string of the molecule is Cc1ccc(C2CC(C)c3ccc(C)cc32)cc1. The Hall–Kier alpha value is -1.56. The number of aryl methyl sites for hydroxylation is 2. The molecule has 0 spiro atoms. The largest absolute Gasteiger partial charge is 0.0590 e. The molecule has 0 aliphatic heterocycles. The average molecular weight is 236 g/mol. The molecule has 3 rings (SSSR count). The van der Waals surface area contributed by atoms with Crippen LogP contribution in [0.2, 0.25) is 0 Å². The molecular formula is C18H20. The van der Waals surface area contributed by atoms with Gasteiger partial charge in [0.15, 0.2) is 0 Å². The number of hydrogen-bond acceptors (Lipinski definition) is 0. The van der Waals surface area contributed by atoms with Crippen LogP contribution in [0.15, 0.2) is 42.5 Å². The van der Waals surface area contributed by atoms with Gasteiger partial charge in [0, 0.05) is 5.92 Å². The molecule has 0 heterocycles. The first-order chi connectivity index (χ1) is 8.65. The lowest BCUT2D eigenvalue weighted by atomic mass is 9.91. The molecule has 0 saturated heterocycles. The predicted octanol–water partition coefficient (Wildman–Crippen LogP) is 4.94. The van der Waals surface area contributed by atoms with Crippen LogP contribution >= 0.6 is 0 Å². The first kappa shape index (κ1) is 11.5. The van der Waals surface area contributed by atoms with Crippen molar-refractivity contribution in [3.05, 3.63) is 70.3 Å². The molecule has 2 atom stereocenters. The molecule has 0 fully saturated rings. The fraction of sp³-hybridized carbons (Fsp3) is 0.333. The molecule has 0 amide bonds. The molecule has 0 aromatic heterocycles. The predicted molar refractivity (Wildman–Crippen MR) is 77.2 cm³/mol. The summed E-state index contributed by atoms with van der Waals surface area (Å²) in [5, 5.41) is 0. The minimum Gasteiger partial charge on any atom is -0.0590 e. The van der Waals surface area contributed by atoms with Crippen molar-refractivity contribution in [3.8, 4) is 0 Å². The van der Waals surface area contributed by atoms with Gasteiger partial charge in [0.2, 0.25) is 0 Å². The number of hydrogen-bond donors (Lipinski definition) is 0. The van der Waals surface area contributed by atoms with Crippen molar-refractivity contribution < 1.29 is 0 Å². The van der Waals surface area contributed by atoms with E-state index in [0.29, 0.717) is 11.8 Å². The van der Waals surface area contributed by atoms with Gasteiger partial charge in [0.1, 0.15) is 0 Å². The molecule has 2 aromatic rings. The monoisotopic (exact) mass is 236 g/mol. The van der Waals surface area contributed by atoms with Gasteiger partial charge in [-0.25, -0.2) is 0 Å². The van der Waals surface area contributed by atoms with E-state index in [2.05, 4.69) is 63.2 Å². The van der Waals surface area contributed by atoms with Gasteiger partial charge in [-0.1, -0.05) is 60.5 Å². The topological polar surface area (TPSA) is 0 Å². The summed E-state index contributed by atoms with van der Waals surface area (Å²) < 4.78 is 0. The second-order valence-corrected chi connectivity index (χ2v) is 5.73. The fourth-order valence-electron chi connectivity index (χ4n) is 3.17. The first-order valence-corrected chi connectivity index (χ1v) is 6.82. The van der Waals surface area contributed by atoms with Crippen molar-refractivity contribution in [3.63, 3.8) is 0 Å². The van der Waals surface area contributed by atoms with Gasteiger partial charge in [0.05, 0.1) is 0 Å². The summed E-state index contributed by atoms with van der Waals surface area (Å²) in [4.78, 5) is 0. The molecule has 0 saturated carbocycles. The summed E-state index contributed by atoms with van der Waals surface area (Å²) in [6, 6.07) is 16.0. The Labute approximate surface area is 110 Å². The molecule has 2 aromatic carbocycles. The van der Waals surface area contributed by atoms with Gasteiger partial charge >= 0.3 is 0 Å². The van der Waals surface area contributed by atoms with Crippen LogP contribution in [-0.2, 0) is 0 Å². The molecule has 1 aliphatic rings. The van der Waals surface area contributed by atoms with Crippen LogP contribution in [0.5, 0.6) is 0 Å². The van der Waals surface area contributed by atoms with Crippen LogP contribution in [0, 0.1) is 13.8 Å². The van der Waals surface area contributed by atoms with Crippen LogP contribution < -0.4 is 0 Å². The zero-order valence-corrected chi connectivity index (χ0v) is 11.4. The minimum atomic E-state index is 0.593. The van der Waals surface area contributed by atoms with Crippen LogP contribution in [-0.4, -0.2) is 0 Å². The first-order valence-electron chi connectivity index (χ1n) is 6.82. The van der Waals surface area contributed by atoms with Gasteiger partial charge in [-0.05, 0) is 42.9 Å². The second kappa shape index (κ2) is 4.28. The zero-order valence-electron chi connectivity index (χ0n) is 11.4. The summed E-state index contributed by atoms with van der Waals surface area (Å²) >= 11 is 0. The Morgan fingerprint density at radius 2 is 1.50 bits per heavy atom. The third-order valence-electron chi connectivity index (χ3n) is 4.22. The summed E-state index contributed by atoms with van der Waals surface area (Å²) in [5.41, 5.74) is 7.28. The van der Waals surface area contributed by atoms with Crippen molar-refractivity contribution in [1.82, 2.24) is 0 Å². The van der Waals surface area contributed by atoms with E-state index in [1.807, 2.05) is 0 Å². The Balaban J connectivity index is 2.06. The highest BCUT2D eigenvalue weighted by molar-refractivity contribution is 5.46. The van der Waals surface area contributed by atoms with Crippen molar-refractivity contribution in [2.24, 2.45) is 0 Å². The maximum absolute atomic E-state index is 2.38. The van der Waals surface area contributed by atoms with Crippen molar-refractivity contribution >= 4 is 0 Å². The molecule has 2 unspecified atom stereocenters. The standard InChI is InChI=1S/C18H20/c1-12-4-7-15(8-5-12)17-11-14(3)16-9-6-13(2)10-18(16)17/h4-10,14,17H,11H2,1-3H3. The highest BCUT2D eigenvalue weighted by Gasteiger charge is 2.28. The van der Waals surface area contributed by atoms with Gasteiger partial charge in [-0.15, -0.1) is 0 Å². The number of benzene rings is 2. The summed E-state index contributed by atoms with van der Waals surface area (Å²) in [6.45, 7) is 6.69. The van der Waals surface area contributed by atoms with Crippen molar-refractivity contribution in [2.45, 2.75) is 39.0 Å². The smallest absolute Gasteiger partial charge is 0.00979 e. The molecule has 0 radical (unpaired) electrons. The second-order valence-electron chi connectivity index (χ2n) is 5.73. The summed E-state index contributed by atoms with van der Waals surface area (Å²) in [7, 11) is 0. The van der Waals surface area contributed by atoms with E-state index in [9.17, 15) is 0 Å². The van der Waals surface area contributed by atoms with E-state index >= 15 is 0 Å². The quantitative estimate of drug-likeness (QED) is 0.657. The van der Waals surface area contributed by atoms with Crippen LogP contribution in [0.3, 0.4) is 0 Å². The molecule has 0 bridgehead atoms. The van der Waals surface area contributed by atoms with E-state index in [0.717, 1.165) is 0 Å². The molecule has 1 aliphatic carbocycles. The molecule has 0 nitrogen and oxygen atoms in total. The van der Waals surface area contributed by atoms with E-state index in [4.69, 9.17) is 0 Å². The van der Waals surface area contributed by atoms with Crippen molar-refractivity contribution in [1.29, 1.82) is 0 Å². The van der Waals surface area contributed by atoms with E-state index in [-0.39, 0.29) is 0 Å². The highest BCUT2D eigenvalue weighted by atomic mass is 14.3. The Kier molecular flexibility index (Phi) is 2.74. The fourth-order valence-corrected chi connectivity index (χ4v) is 3.17. The highest BCUT2D eigenvalue weighted by Crippen LogP contribution is 2.45. The lowest BCUT2D eigenvalue weighted by Gasteiger charge is -2.13. The molecule has 0 heteroatoms. The molecule has 0 N–H and O–H groups in total. The lowest BCUT2D eigenvalue weighted by Crippen LogP contribution is -1.96. The van der Waals surface area contributed by atoms with E-state index < -0.39 is 0 Å². The van der Waals surface area contributed by atoms with Gasteiger partial charge in [-0.2, -0.15) is 0 Å². The van der Waals surface area contributed by atoms with Crippen LogP contribution in [0.1, 0.15) is 53.0 Å². The summed E-state index contributed by atoms with van der Waals surface area (Å²) in [6.07, 6.45) is 1.25. The third kappa shape index (κ3) is 1.86. The average Bonchev–Trinajstić information content (AvgIpc) is 2.67. The normalized spacial score (nSPS) is 21.9. The Morgan fingerprint density at radius 3 is 2.22 bits per heavy atom. The zero-order chi connectivity index (χ0) is 12.7. The van der Waals surface area contributed by atoms with Crippen LogP contribution in [0.4, 0.5) is 0 Å². The Bertz CT molecular complexity index is 563.